The van der Waals surface area contributed by atoms with Crippen LogP contribution in [0.3, 0.4) is 0 Å². The second-order valence-electron chi connectivity index (χ2n) is 3.63. The Morgan fingerprint density at radius 3 is 2.20 bits per heavy atom. The Balaban J connectivity index is 0.000000921. The summed E-state index contributed by atoms with van der Waals surface area (Å²) in [6.07, 6.45) is 6.41. The monoisotopic (exact) mass is 206 g/mol. The van der Waals surface area contributed by atoms with Crippen LogP contribution < -0.4 is 0 Å². The number of unbranched alkanes of at least 4 members (excludes halogenated alkanes) is 2. The summed E-state index contributed by atoms with van der Waals surface area (Å²) in [6.45, 7) is 8.47. The molecule has 0 unspecified atom stereocenters. The molecule has 0 fully saturated rings. The van der Waals surface area contributed by atoms with Gasteiger partial charge in [0.1, 0.15) is 0 Å². The van der Waals surface area contributed by atoms with E-state index in [-0.39, 0.29) is 0 Å². The summed E-state index contributed by atoms with van der Waals surface area (Å²) in [6, 6.07) is 8.98. The van der Waals surface area contributed by atoms with E-state index in [1.807, 2.05) is 13.8 Å². The zero-order valence-corrected chi connectivity index (χ0v) is 10.8. The van der Waals surface area contributed by atoms with Crippen molar-refractivity contribution in [3.8, 4) is 0 Å². The molecule has 1 rings (SSSR count). The molecule has 0 heteroatoms. The summed E-state index contributed by atoms with van der Waals surface area (Å²) in [5.41, 5.74) is 2.97. The van der Waals surface area contributed by atoms with Crippen LogP contribution in [-0.4, -0.2) is 0 Å². The Kier molecular flexibility index (Phi) is 9.26. The maximum atomic E-state index is 2.34. The predicted octanol–water partition coefficient (Wildman–Crippen LogP) is 5.01. The quantitative estimate of drug-likeness (QED) is 0.594. The summed E-state index contributed by atoms with van der Waals surface area (Å²) >= 11 is 0. The lowest BCUT2D eigenvalue weighted by Crippen LogP contribution is -1.87. The number of aryl methyl sites for hydroxylation is 2. The van der Waals surface area contributed by atoms with Crippen LogP contribution in [0.5, 0.6) is 0 Å². The highest BCUT2D eigenvalue weighted by Gasteiger charge is 1.94. The minimum Gasteiger partial charge on any atom is -0.0683 e. The van der Waals surface area contributed by atoms with Gasteiger partial charge in [-0.1, -0.05) is 64.8 Å². The normalized spacial score (nSPS) is 9.33. The second kappa shape index (κ2) is 9.76. The number of rotatable bonds is 5. The van der Waals surface area contributed by atoms with E-state index in [9.17, 15) is 0 Å². The minimum atomic E-state index is 1.15. The molecule has 0 bridgehead atoms. The van der Waals surface area contributed by atoms with Crippen LogP contribution in [0, 0.1) is 0 Å². The van der Waals surface area contributed by atoms with Crippen molar-refractivity contribution < 1.29 is 0 Å². The Morgan fingerprint density at radius 1 is 0.933 bits per heavy atom. The summed E-state index contributed by atoms with van der Waals surface area (Å²) in [5.74, 6) is 0. The molecule has 1 aromatic carbocycles. The van der Waals surface area contributed by atoms with E-state index in [0.29, 0.717) is 0 Å². The second-order valence-corrected chi connectivity index (χ2v) is 3.63. The van der Waals surface area contributed by atoms with Crippen molar-refractivity contribution in [1.29, 1.82) is 0 Å². The Bertz CT molecular complexity index is 238. The molecular formula is C15H26. The fourth-order valence-corrected chi connectivity index (χ4v) is 1.58. The van der Waals surface area contributed by atoms with E-state index in [0.717, 1.165) is 6.42 Å². The van der Waals surface area contributed by atoms with Crippen molar-refractivity contribution in [1.82, 2.24) is 0 Å². The Hall–Kier alpha value is -0.780. The molecule has 0 spiro atoms. The Morgan fingerprint density at radius 2 is 1.60 bits per heavy atom. The first-order valence-electron chi connectivity index (χ1n) is 6.44. The minimum absolute atomic E-state index is 1.15. The first-order chi connectivity index (χ1) is 7.36. The third kappa shape index (κ3) is 6.33. The third-order valence-corrected chi connectivity index (χ3v) is 2.47. The molecule has 86 valence electrons. The first kappa shape index (κ1) is 14.2. The van der Waals surface area contributed by atoms with Crippen LogP contribution in [0.4, 0.5) is 0 Å². The van der Waals surface area contributed by atoms with Gasteiger partial charge >= 0.3 is 0 Å². The fraction of sp³-hybridized carbons (Fsp3) is 0.600. The molecule has 0 radical (unpaired) electrons. The molecule has 0 aliphatic heterocycles. The topological polar surface area (TPSA) is 0 Å². The number of hydrogen-bond acceptors (Lipinski definition) is 0. The molecule has 0 nitrogen and oxygen atoms in total. The first-order valence-corrected chi connectivity index (χ1v) is 6.44. The zero-order valence-electron chi connectivity index (χ0n) is 10.8. The Labute approximate surface area is 95.7 Å². The van der Waals surface area contributed by atoms with Gasteiger partial charge in [0.15, 0.2) is 0 Å². The molecule has 0 aromatic heterocycles. The molecule has 0 heterocycles. The molecule has 0 saturated heterocycles. The highest BCUT2D eigenvalue weighted by atomic mass is 14.0. The van der Waals surface area contributed by atoms with Gasteiger partial charge in [-0.05, 0) is 30.4 Å². The molecule has 0 N–H and O–H groups in total. The van der Waals surface area contributed by atoms with Crippen LogP contribution in [0.25, 0.3) is 0 Å². The van der Waals surface area contributed by atoms with Gasteiger partial charge < -0.3 is 0 Å². The standard InChI is InChI=1S/C13H20.C2H6/c1-3-5-6-8-13-10-7-9-12(4-2)11-13;1-2/h7,9-11H,3-6,8H2,1-2H3;1-2H3. The molecule has 0 amide bonds. The van der Waals surface area contributed by atoms with Crippen LogP contribution in [0.2, 0.25) is 0 Å². The van der Waals surface area contributed by atoms with Gasteiger partial charge in [0.2, 0.25) is 0 Å². The number of benzene rings is 1. The van der Waals surface area contributed by atoms with E-state index >= 15 is 0 Å². The van der Waals surface area contributed by atoms with Gasteiger partial charge in [0.25, 0.3) is 0 Å². The van der Waals surface area contributed by atoms with E-state index in [2.05, 4.69) is 38.1 Å². The van der Waals surface area contributed by atoms with Gasteiger partial charge in [0.05, 0.1) is 0 Å². The van der Waals surface area contributed by atoms with Gasteiger partial charge in [-0.2, -0.15) is 0 Å². The van der Waals surface area contributed by atoms with Gasteiger partial charge in [-0.3, -0.25) is 0 Å². The van der Waals surface area contributed by atoms with Crippen molar-refractivity contribution in [3.05, 3.63) is 35.4 Å². The maximum Gasteiger partial charge on any atom is -0.0279 e. The molecule has 0 atom stereocenters. The molecule has 1 aromatic rings. The zero-order chi connectivity index (χ0) is 11.5. The van der Waals surface area contributed by atoms with Crippen molar-refractivity contribution in [2.45, 2.75) is 59.8 Å². The highest BCUT2D eigenvalue weighted by Crippen LogP contribution is 2.09. The lowest BCUT2D eigenvalue weighted by atomic mass is 10.0. The largest absolute Gasteiger partial charge is 0.0683 e. The van der Waals surface area contributed by atoms with Crippen molar-refractivity contribution >= 4 is 0 Å². The van der Waals surface area contributed by atoms with Crippen molar-refractivity contribution in [3.63, 3.8) is 0 Å². The average molecular weight is 206 g/mol. The smallest absolute Gasteiger partial charge is 0.0279 e. The van der Waals surface area contributed by atoms with Crippen LogP contribution >= 0.6 is 0 Å². The predicted molar refractivity (Wildman–Crippen MR) is 70.4 cm³/mol. The molecule has 0 aliphatic rings. The van der Waals surface area contributed by atoms with E-state index in [4.69, 9.17) is 0 Å². The molecule has 15 heavy (non-hydrogen) atoms. The van der Waals surface area contributed by atoms with Crippen molar-refractivity contribution in [2.75, 3.05) is 0 Å². The molecule has 0 aliphatic carbocycles. The van der Waals surface area contributed by atoms with Crippen LogP contribution in [0.1, 0.15) is 58.1 Å². The molecular weight excluding hydrogens is 180 g/mol. The van der Waals surface area contributed by atoms with Crippen LogP contribution in [0.15, 0.2) is 24.3 Å². The lowest BCUT2D eigenvalue weighted by Gasteiger charge is -2.02. The summed E-state index contributed by atoms with van der Waals surface area (Å²) in [4.78, 5) is 0. The van der Waals surface area contributed by atoms with Gasteiger partial charge in [-0.25, -0.2) is 0 Å². The maximum absolute atomic E-state index is 2.34. The van der Waals surface area contributed by atoms with Crippen LogP contribution in [-0.2, 0) is 12.8 Å². The third-order valence-electron chi connectivity index (χ3n) is 2.47. The summed E-state index contributed by atoms with van der Waals surface area (Å²) in [7, 11) is 0. The van der Waals surface area contributed by atoms with E-state index in [1.54, 1.807) is 0 Å². The highest BCUT2D eigenvalue weighted by molar-refractivity contribution is 5.23. The van der Waals surface area contributed by atoms with E-state index < -0.39 is 0 Å². The molecule has 0 saturated carbocycles. The lowest BCUT2D eigenvalue weighted by molar-refractivity contribution is 0.717. The SMILES string of the molecule is CC.CCCCCc1cccc(CC)c1. The van der Waals surface area contributed by atoms with E-state index in [1.165, 1.54) is 36.8 Å². The summed E-state index contributed by atoms with van der Waals surface area (Å²) in [5, 5.41) is 0. The van der Waals surface area contributed by atoms with Gasteiger partial charge in [0, 0.05) is 0 Å². The van der Waals surface area contributed by atoms with Gasteiger partial charge in [-0.15, -0.1) is 0 Å². The number of hydrogen-bond donors (Lipinski definition) is 0. The average Bonchev–Trinajstić information content (AvgIpc) is 2.32. The fourth-order valence-electron chi connectivity index (χ4n) is 1.58. The van der Waals surface area contributed by atoms with Crippen molar-refractivity contribution in [2.24, 2.45) is 0 Å². The summed E-state index contributed by atoms with van der Waals surface area (Å²) < 4.78 is 0.